The predicted molar refractivity (Wildman–Crippen MR) is 90.4 cm³/mol. The van der Waals surface area contributed by atoms with E-state index in [4.69, 9.17) is 5.73 Å². The maximum Gasteiger partial charge on any atom is 0.224 e. The normalized spacial score (nSPS) is 13.0. The summed E-state index contributed by atoms with van der Waals surface area (Å²) >= 11 is 0. The molecule has 0 aliphatic rings. The monoisotopic (exact) mass is 290 g/mol. The van der Waals surface area contributed by atoms with Crippen LogP contribution in [-0.2, 0) is 4.79 Å². The van der Waals surface area contributed by atoms with E-state index in [2.05, 4.69) is 39.1 Å². The third kappa shape index (κ3) is 5.88. The van der Waals surface area contributed by atoms with Crippen molar-refractivity contribution in [3.63, 3.8) is 0 Å². The molecule has 0 bridgehead atoms. The predicted octanol–water partition coefficient (Wildman–Crippen LogP) is 4.03. The summed E-state index contributed by atoms with van der Waals surface area (Å²) in [6.45, 7) is 11.4. The minimum Gasteiger partial charge on any atom is -0.330 e. The van der Waals surface area contributed by atoms with Gasteiger partial charge in [0.1, 0.15) is 0 Å². The molecule has 1 aromatic carbocycles. The number of nitrogens with one attached hydrogen (secondary N) is 1. The molecule has 0 heterocycles. The second-order valence-corrected chi connectivity index (χ2v) is 7.05. The quantitative estimate of drug-likeness (QED) is 0.831. The minimum atomic E-state index is 0.0909. The van der Waals surface area contributed by atoms with Gasteiger partial charge < -0.3 is 11.1 Å². The molecule has 0 fully saturated rings. The van der Waals surface area contributed by atoms with Crippen LogP contribution in [0.25, 0.3) is 0 Å². The van der Waals surface area contributed by atoms with E-state index >= 15 is 0 Å². The molecule has 118 valence electrons. The zero-order valence-electron chi connectivity index (χ0n) is 14.1. The molecule has 0 spiro atoms. The summed E-state index contributed by atoms with van der Waals surface area (Å²) in [7, 11) is 0. The van der Waals surface area contributed by atoms with Crippen LogP contribution in [0, 0.1) is 25.2 Å². The highest BCUT2D eigenvalue weighted by atomic mass is 16.1. The van der Waals surface area contributed by atoms with Crippen molar-refractivity contribution >= 4 is 11.6 Å². The lowest BCUT2D eigenvalue weighted by Crippen LogP contribution is -2.25. The molecule has 1 rings (SSSR count). The second kappa shape index (κ2) is 7.60. The van der Waals surface area contributed by atoms with Crippen LogP contribution in [0.5, 0.6) is 0 Å². The van der Waals surface area contributed by atoms with Crippen LogP contribution in [0.1, 0.15) is 51.2 Å². The lowest BCUT2D eigenvalue weighted by Gasteiger charge is -2.30. The van der Waals surface area contributed by atoms with Crippen molar-refractivity contribution in [1.82, 2.24) is 0 Å². The van der Waals surface area contributed by atoms with Gasteiger partial charge in [-0.05, 0) is 56.2 Å². The highest BCUT2D eigenvalue weighted by Gasteiger charge is 2.24. The second-order valence-electron chi connectivity index (χ2n) is 7.05. The molecule has 3 heteroatoms. The Kier molecular flexibility index (Phi) is 6.41. The Morgan fingerprint density at radius 2 is 1.90 bits per heavy atom. The number of benzene rings is 1. The van der Waals surface area contributed by atoms with Gasteiger partial charge in [-0.25, -0.2) is 0 Å². The number of hydrogen-bond acceptors (Lipinski definition) is 2. The van der Waals surface area contributed by atoms with Gasteiger partial charge in [0.05, 0.1) is 0 Å². The van der Waals surface area contributed by atoms with Crippen molar-refractivity contribution in [3.05, 3.63) is 29.3 Å². The van der Waals surface area contributed by atoms with Crippen LogP contribution in [0.15, 0.2) is 18.2 Å². The molecule has 0 saturated carbocycles. The molecule has 0 saturated heterocycles. The first kappa shape index (κ1) is 17.7. The van der Waals surface area contributed by atoms with Gasteiger partial charge in [-0.3, -0.25) is 4.79 Å². The van der Waals surface area contributed by atoms with Crippen LogP contribution < -0.4 is 11.1 Å². The fraction of sp³-hybridized carbons (Fsp3) is 0.611. The van der Waals surface area contributed by atoms with E-state index in [0.29, 0.717) is 18.9 Å². The van der Waals surface area contributed by atoms with E-state index < -0.39 is 0 Å². The standard InChI is InChI=1S/C18H30N2O/c1-13-6-8-16(14(2)12-13)20-17(21)9-7-15(10-11-19)18(3,4)5/h6,8,12,15H,7,9-11,19H2,1-5H3,(H,20,21). The summed E-state index contributed by atoms with van der Waals surface area (Å²) in [6.07, 6.45) is 2.41. The number of nitrogens with two attached hydrogens (primary N) is 1. The largest absolute Gasteiger partial charge is 0.330 e. The average molecular weight is 290 g/mol. The maximum atomic E-state index is 12.1. The first-order valence-corrected chi connectivity index (χ1v) is 7.81. The van der Waals surface area contributed by atoms with Crippen molar-refractivity contribution in [1.29, 1.82) is 0 Å². The highest BCUT2D eigenvalue weighted by molar-refractivity contribution is 5.91. The molecule has 0 aliphatic heterocycles. The van der Waals surface area contributed by atoms with Gasteiger partial charge in [0.25, 0.3) is 0 Å². The van der Waals surface area contributed by atoms with Crippen LogP contribution >= 0.6 is 0 Å². The van der Waals surface area contributed by atoms with Gasteiger partial charge in [-0.15, -0.1) is 0 Å². The summed E-state index contributed by atoms with van der Waals surface area (Å²) in [5.74, 6) is 0.570. The van der Waals surface area contributed by atoms with Crippen molar-refractivity contribution in [2.75, 3.05) is 11.9 Å². The Hall–Kier alpha value is -1.35. The van der Waals surface area contributed by atoms with E-state index in [1.807, 2.05) is 19.1 Å². The highest BCUT2D eigenvalue weighted by Crippen LogP contribution is 2.32. The topological polar surface area (TPSA) is 55.1 Å². The fourth-order valence-corrected chi connectivity index (χ4v) is 2.68. The van der Waals surface area contributed by atoms with Crippen LogP contribution in [-0.4, -0.2) is 12.5 Å². The number of carbonyl (C=O) groups excluding carboxylic acids is 1. The summed E-state index contributed by atoms with van der Waals surface area (Å²) in [6, 6.07) is 6.08. The average Bonchev–Trinajstić information content (AvgIpc) is 2.36. The third-order valence-corrected chi connectivity index (χ3v) is 4.12. The Morgan fingerprint density at radius 3 is 2.43 bits per heavy atom. The van der Waals surface area contributed by atoms with Crippen molar-refractivity contribution < 1.29 is 4.79 Å². The van der Waals surface area contributed by atoms with Gasteiger partial charge in [0.15, 0.2) is 0 Å². The van der Waals surface area contributed by atoms with Crippen molar-refractivity contribution in [3.8, 4) is 0 Å². The first-order valence-electron chi connectivity index (χ1n) is 7.81. The minimum absolute atomic E-state index is 0.0909. The molecular weight excluding hydrogens is 260 g/mol. The number of aryl methyl sites for hydroxylation is 2. The lowest BCUT2D eigenvalue weighted by molar-refractivity contribution is -0.116. The number of anilines is 1. The van der Waals surface area contributed by atoms with E-state index in [-0.39, 0.29) is 11.3 Å². The van der Waals surface area contributed by atoms with Crippen LogP contribution in [0.2, 0.25) is 0 Å². The number of rotatable bonds is 6. The van der Waals surface area contributed by atoms with E-state index in [1.165, 1.54) is 5.56 Å². The SMILES string of the molecule is Cc1ccc(NC(=O)CCC(CCN)C(C)(C)C)c(C)c1. The van der Waals surface area contributed by atoms with E-state index in [9.17, 15) is 4.79 Å². The van der Waals surface area contributed by atoms with E-state index in [1.54, 1.807) is 0 Å². The number of hydrogen-bond donors (Lipinski definition) is 2. The Balaban J connectivity index is 2.57. The van der Waals surface area contributed by atoms with Crippen LogP contribution in [0.4, 0.5) is 5.69 Å². The molecule has 0 radical (unpaired) electrons. The summed E-state index contributed by atoms with van der Waals surface area (Å²) in [5, 5.41) is 3.02. The number of amides is 1. The van der Waals surface area contributed by atoms with Gasteiger partial charge in [0.2, 0.25) is 5.91 Å². The van der Waals surface area contributed by atoms with Gasteiger partial charge in [-0.1, -0.05) is 38.5 Å². The van der Waals surface area contributed by atoms with E-state index in [0.717, 1.165) is 24.1 Å². The Morgan fingerprint density at radius 1 is 1.24 bits per heavy atom. The Bertz CT molecular complexity index is 475. The Labute approximate surface area is 129 Å². The summed E-state index contributed by atoms with van der Waals surface area (Å²) in [4.78, 5) is 12.1. The van der Waals surface area contributed by atoms with Gasteiger partial charge >= 0.3 is 0 Å². The summed E-state index contributed by atoms with van der Waals surface area (Å²) in [5.41, 5.74) is 9.12. The molecule has 1 unspecified atom stereocenters. The molecule has 1 amide bonds. The smallest absolute Gasteiger partial charge is 0.224 e. The molecule has 3 nitrogen and oxygen atoms in total. The third-order valence-electron chi connectivity index (χ3n) is 4.12. The molecule has 1 aromatic rings. The first-order chi connectivity index (χ1) is 9.74. The number of carbonyl (C=O) groups is 1. The fourth-order valence-electron chi connectivity index (χ4n) is 2.68. The lowest BCUT2D eigenvalue weighted by atomic mass is 9.76. The molecule has 3 N–H and O–H groups in total. The zero-order valence-corrected chi connectivity index (χ0v) is 14.1. The van der Waals surface area contributed by atoms with Crippen LogP contribution in [0.3, 0.4) is 0 Å². The molecule has 0 aromatic heterocycles. The molecular formula is C18H30N2O. The van der Waals surface area contributed by atoms with Gasteiger partial charge in [0, 0.05) is 12.1 Å². The zero-order chi connectivity index (χ0) is 16.0. The van der Waals surface area contributed by atoms with Crippen molar-refractivity contribution in [2.24, 2.45) is 17.1 Å². The molecule has 0 aliphatic carbocycles. The van der Waals surface area contributed by atoms with Gasteiger partial charge in [-0.2, -0.15) is 0 Å². The molecule has 1 atom stereocenters. The maximum absolute atomic E-state index is 12.1. The summed E-state index contributed by atoms with van der Waals surface area (Å²) < 4.78 is 0. The van der Waals surface area contributed by atoms with Crippen molar-refractivity contribution in [2.45, 2.75) is 53.9 Å². The molecule has 21 heavy (non-hydrogen) atoms.